The van der Waals surface area contributed by atoms with Gasteiger partial charge in [-0.25, -0.2) is 0 Å². The fourth-order valence-corrected chi connectivity index (χ4v) is 4.54. The van der Waals surface area contributed by atoms with E-state index < -0.39 is 17.0 Å². The van der Waals surface area contributed by atoms with Gasteiger partial charge < -0.3 is 15.9 Å². The van der Waals surface area contributed by atoms with E-state index in [1.54, 1.807) is 6.07 Å². The maximum atomic E-state index is 13.7. The van der Waals surface area contributed by atoms with Crippen LogP contribution >= 0.6 is 0 Å². The van der Waals surface area contributed by atoms with Gasteiger partial charge in [0.1, 0.15) is 22.7 Å². The van der Waals surface area contributed by atoms with Crippen molar-refractivity contribution in [3.8, 4) is 11.5 Å². The van der Waals surface area contributed by atoms with Crippen LogP contribution in [0.15, 0.2) is 35.9 Å². The van der Waals surface area contributed by atoms with E-state index in [1.165, 1.54) is 31.2 Å². The molecule has 1 atom stereocenters. The van der Waals surface area contributed by atoms with Crippen molar-refractivity contribution in [2.45, 2.75) is 32.1 Å². The summed E-state index contributed by atoms with van der Waals surface area (Å²) in [6, 6.07) is 7.51. The van der Waals surface area contributed by atoms with Crippen LogP contribution in [-0.2, 0) is 16.6 Å². The van der Waals surface area contributed by atoms with E-state index in [0.717, 1.165) is 5.56 Å². The van der Waals surface area contributed by atoms with E-state index in [-0.39, 0.29) is 51.7 Å². The SMILES string of the molecule is CCc1cc(O)c2c(c1)C(N)=C1C(=O)c3c(O)cccc3C(=O)[C@]12CC(C)=O. The van der Waals surface area contributed by atoms with E-state index in [9.17, 15) is 24.6 Å². The second-order valence-corrected chi connectivity index (χ2v) is 7.32. The third-order valence-electron chi connectivity index (χ3n) is 5.64. The number of phenols is 2. The van der Waals surface area contributed by atoms with Crippen LogP contribution in [0.25, 0.3) is 5.70 Å². The first kappa shape index (κ1) is 18.0. The standard InChI is InChI=1S/C22H19NO5/c1-3-11-7-13-17(15(26)8-11)22(9-10(2)24)18(19(13)23)20(27)16-12(21(22)28)5-4-6-14(16)25/h4-8,25-26H,3,9,23H2,1-2H3/t22-/m0/s1. The van der Waals surface area contributed by atoms with Gasteiger partial charge in [0.2, 0.25) is 0 Å². The summed E-state index contributed by atoms with van der Waals surface area (Å²) in [6.07, 6.45) is 0.320. The summed E-state index contributed by atoms with van der Waals surface area (Å²) >= 11 is 0. The fraction of sp³-hybridized carbons (Fsp3) is 0.227. The van der Waals surface area contributed by atoms with E-state index in [1.807, 2.05) is 6.92 Å². The van der Waals surface area contributed by atoms with E-state index in [2.05, 4.69) is 0 Å². The summed E-state index contributed by atoms with van der Waals surface area (Å²) in [5.41, 5.74) is 5.94. The Labute approximate surface area is 161 Å². The van der Waals surface area contributed by atoms with Crippen LogP contribution in [0.1, 0.15) is 57.7 Å². The number of hydrogen-bond donors (Lipinski definition) is 3. The lowest BCUT2D eigenvalue weighted by molar-refractivity contribution is -0.117. The van der Waals surface area contributed by atoms with Crippen LogP contribution < -0.4 is 5.73 Å². The van der Waals surface area contributed by atoms with Crippen LogP contribution in [0.4, 0.5) is 0 Å². The Kier molecular flexibility index (Phi) is 3.72. The number of phenolic OH excluding ortho intramolecular Hbond substituents is 2. The monoisotopic (exact) mass is 377 g/mol. The molecule has 0 amide bonds. The zero-order chi connectivity index (χ0) is 20.4. The number of hydrogen-bond acceptors (Lipinski definition) is 6. The van der Waals surface area contributed by atoms with Gasteiger partial charge in [0.25, 0.3) is 0 Å². The molecule has 0 bridgehead atoms. The van der Waals surface area contributed by atoms with Crippen molar-refractivity contribution < 1.29 is 24.6 Å². The molecule has 4 rings (SSSR count). The number of ketones is 3. The number of carbonyl (C=O) groups excluding carboxylic acids is 3. The molecule has 0 heterocycles. The molecule has 6 heteroatoms. The first-order chi connectivity index (χ1) is 13.2. The van der Waals surface area contributed by atoms with Crippen molar-refractivity contribution in [2.75, 3.05) is 0 Å². The summed E-state index contributed by atoms with van der Waals surface area (Å²) < 4.78 is 0. The summed E-state index contributed by atoms with van der Waals surface area (Å²) in [6.45, 7) is 3.23. The lowest BCUT2D eigenvalue weighted by atomic mass is 9.62. The summed E-state index contributed by atoms with van der Waals surface area (Å²) in [5.74, 6) is -1.92. The van der Waals surface area contributed by atoms with Crippen molar-refractivity contribution >= 4 is 23.0 Å². The van der Waals surface area contributed by atoms with Crippen molar-refractivity contribution in [1.82, 2.24) is 0 Å². The molecule has 0 saturated heterocycles. The molecule has 4 N–H and O–H groups in total. The highest BCUT2D eigenvalue weighted by atomic mass is 16.3. The second-order valence-electron chi connectivity index (χ2n) is 7.32. The number of Topliss-reactive ketones (excluding diaryl/α,β-unsaturated/α-hetero) is 3. The predicted molar refractivity (Wildman–Crippen MR) is 102 cm³/mol. The predicted octanol–water partition coefficient (Wildman–Crippen LogP) is 2.64. The third-order valence-corrected chi connectivity index (χ3v) is 5.64. The highest BCUT2D eigenvalue weighted by Crippen LogP contribution is 2.56. The van der Waals surface area contributed by atoms with Gasteiger partial charge in [-0.3, -0.25) is 14.4 Å². The molecule has 0 fully saturated rings. The Balaban J connectivity index is 2.16. The zero-order valence-corrected chi connectivity index (χ0v) is 15.5. The third kappa shape index (κ3) is 2.05. The minimum absolute atomic E-state index is 0.0228. The van der Waals surface area contributed by atoms with Crippen LogP contribution in [0, 0.1) is 0 Å². The zero-order valence-electron chi connectivity index (χ0n) is 15.5. The molecule has 6 nitrogen and oxygen atoms in total. The molecule has 28 heavy (non-hydrogen) atoms. The molecule has 2 aromatic rings. The largest absolute Gasteiger partial charge is 0.508 e. The van der Waals surface area contributed by atoms with Crippen LogP contribution in [-0.4, -0.2) is 27.6 Å². The highest BCUT2D eigenvalue weighted by Gasteiger charge is 2.59. The molecule has 0 saturated carbocycles. The number of nitrogens with two attached hydrogens (primary N) is 1. The first-order valence-electron chi connectivity index (χ1n) is 9.01. The maximum absolute atomic E-state index is 13.7. The molecule has 0 aliphatic heterocycles. The maximum Gasteiger partial charge on any atom is 0.196 e. The topological polar surface area (TPSA) is 118 Å². The normalized spacial score (nSPS) is 20.1. The number of rotatable bonds is 3. The molecular formula is C22H19NO5. The molecule has 2 aliphatic carbocycles. The van der Waals surface area contributed by atoms with Crippen molar-refractivity contribution in [2.24, 2.45) is 5.73 Å². The Morgan fingerprint density at radius 1 is 1.11 bits per heavy atom. The van der Waals surface area contributed by atoms with Crippen LogP contribution in [0.5, 0.6) is 11.5 Å². The molecule has 0 spiro atoms. The van der Waals surface area contributed by atoms with Crippen LogP contribution in [0.2, 0.25) is 0 Å². The van der Waals surface area contributed by atoms with Gasteiger partial charge in [-0.15, -0.1) is 0 Å². The first-order valence-corrected chi connectivity index (χ1v) is 9.01. The summed E-state index contributed by atoms with van der Waals surface area (Å²) in [7, 11) is 0. The number of allylic oxidation sites excluding steroid dienone is 1. The minimum atomic E-state index is -1.68. The lowest BCUT2D eigenvalue weighted by Crippen LogP contribution is -2.45. The van der Waals surface area contributed by atoms with Crippen molar-refractivity contribution in [3.63, 3.8) is 0 Å². The molecule has 142 valence electrons. The van der Waals surface area contributed by atoms with Gasteiger partial charge in [-0.2, -0.15) is 0 Å². The van der Waals surface area contributed by atoms with E-state index >= 15 is 0 Å². The molecule has 0 radical (unpaired) electrons. The molecule has 2 aromatic carbocycles. The van der Waals surface area contributed by atoms with Crippen molar-refractivity contribution in [1.29, 1.82) is 0 Å². The number of carbonyl (C=O) groups is 3. The Morgan fingerprint density at radius 3 is 2.46 bits per heavy atom. The van der Waals surface area contributed by atoms with Gasteiger partial charge in [0.05, 0.1) is 5.56 Å². The number of fused-ring (bicyclic) bond motifs is 4. The highest BCUT2D eigenvalue weighted by molar-refractivity contribution is 6.33. The molecule has 0 unspecified atom stereocenters. The van der Waals surface area contributed by atoms with Crippen molar-refractivity contribution in [3.05, 3.63) is 63.7 Å². The number of aryl methyl sites for hydroxylation is 1. The Morgan fingerprint density at radius 2 is 1.82 bits per heavy atom. The summed E-state index contributed by atoms with van der Waals surface area (Å²) in [4.78, 5) is 39.2. The molecule has 0 aromatic heterocycles. The summed E-state index contributed by atoms with van der Waals surface area (Å²) in [5, 5.41) is 21.0. The minimum Gasteiger partial charge on any atom is -0.508 e. The van der Waals surface area contributed by atoms with Gasteiger partial charge >= 0.3 is 0 Å². The smallest absolute Gasteiger partial charge is 0.196 e. The average molecular weight is 377 g/mol. The van der Waals surface area contributed by atoms with Crippen LogP contribution in [0.3, 0.4) is 0 Å². The number of aromatic hydroxyl groups is 2. The Bertz CT molecular complexity index is 1130. The average Bonchev–Trinajstić information content (AvgIpc) is 2.89. The quantitative estimate of drug-likeness (QED) is 0.757. The number of benzene rings is 2. The van der Waals surface area contributed by atoms with Gasteiger partial charge in [0, 0.05) is 34.4 Å². The van der Waals surface area contributed by atoms with Gasteiger partial charge in [-0.05, 0) is 37.1 Å². The van der Waals surface area contributed by atoms with E-state index in [4.69, 9.17) is 5.73 Å². The molecular weight excluding hydrogens is 358 g/mol. The molecule has 2 aliphatic rings. The lowest BCUT2D eigenvalue weighted by Gasteiger charge is -2.35. The van der Waals surface area contributed by atoms with E-state index in [0.29, 0.717) is 12.0 Å². The second kappa shape index (κ2) is 5.79. The van der Waals surface area contributed by atoms with Gasteiger partial charge in [0.15, 0.2) is 11.6 Å². The fourth-order valence-electron chi connectivity index (χ4n) is 4.54. The van der Waals surface area contributed by atoms with Gasteiger partial charge in [-0.1, -0.05) is 19.1 Å². The Hall–Kier alpha value is -3.41.